The van der Waals surface area contributed by atoms with Gasteiger partial charge in [-0.1, -0.05) is 6.92 Å². The maximum atomic E-state index is 5.54. The van der Waals surface area contributed by atoms with E-state index in [0.29, 0.717) is 12.4 Å². The van der Waals surface area contributed by atoms with Gasteiger partial charge in [-0.15, -0.1) is 0 Å². The number of hydrazine groups is 1. The summed E-state index contributed by atoms with van der Waals surface area (Å²) in [6, 6.07) is 0. The first-order valence-corrected chi connectivity index (χ1v) is 6.35. The van der Waals surface area contributed by atoms with Crippen molar-refractivity contribution >= 4 is 11.6 Å². The summed E-state index contributed by atoms with van der Waals surface area (Å²) in [4.78, 5) is 8.45. The smallest absolute Gasteiger partial charge is 0.148 e. The summed E-state index contributed by atoms with van der Waals surface area (Å²) in [6.07, 6.45) is 4.48. The number of nitrogen functional groups attached to an aromatic ring is 1. The number of rotatable bonds is 4. The zero-order valence-corrected chi connectivity index (χ0v) is 11.0. The van der Waals surface area contributed by atoms with Gasteiger partial charge in [-0.3, -0.25) is 0 Å². The molecule has 0 spiro atoms. The van der Waals surface area contributed by atoms with Gasteiger partial charge in [-0.2, -0.15) is 0 Å². The fourth-order valence-corrected chi connectivity index (χ4v) is 2.30. The third kappa shape index (κ3) is 2.70. The van der Waals surface area contributed by atoms with E-state index in [4.69, 9.17) is 10.6 Å². The number of nitrogens with two attached hydrogens (primary N) is 1. The third-order valence-electron chi connectivity index (χ3n) is 3.29. The average molecular weight is 251 g/mol. The highest BCUT2D eigenvalue weighted by atomic mass is 16.5. The van der Waals surface area contributed by atoms with Gasteiger partial charge in [-0.25, -0.2) is 15.8 Å². The summed E-state index contributed by atoms with van der Waals surface area (Å²) >= 11 is 0. The molecule has 6 nitrogen and oxygen atoms in total. The Kier molecular flexibility index (Phi) is 3.98. The molecule has 1 saturated heterocycles. The van der Waals surface area contributed by atoms with Crippen molar-refractivity contribution in [2.24, 2.45) is 5.84 Å². The minimum atomic E-state index is -0.0671. The van der Waals surface area contributed by atoms with E-state index in [9.17, 15) is 0 Å². The molecule has 2 heterocycles. The van der Waals surface area contributed by atoms with Gasteiger partial charge in [0.05, 0.1) is 12.1 Å². The lowest BCUT2D eigenvalue weighted by molar-refractivity contribution is 0.0538. The van der Waals surface area contributed by atoms with E-state index in [1.54, 1.807) is 0 Å². The van der Waals surface area contributed by atoms with E-state index >= 15 is 0 Å². The molecular formula is C12H21N5O. The Morgan fingerprint density at radius 1 is 1.44 bits per heavy atom. The molecule has 0 saturated carbocycles. The minimum absolute atomic E-state index is 0.0671. The second-order valence-electron chi connectivity index (χ2n) is 4.89. The highest BCUT2D eigenvalue weighted by molar-refractivity contribution is 5.57. The van der Waals surface area contributed by atoms with Crippen LogP contribution in [0.2, 0.25) is 0 Å². The van der Waals surface area contributed by atoms with Crippen molar-refractivity contribution in [1.82, 2.24) is 9.97 Å². The Balaban J connectivity index is 2.22. The van der Waals surface area contributed by atoms with Gasteiger partial charge in [0, 0.05) is 12.2 Å². The molecule has 2 rings (SSSR count). The Morgan fingerprint density at radius 2 is 2.22 bits per heavy atom. The molecule has 100 valence electrons. The van der Waals surface area contributed by atoms with Crippen LogP contribution in [0, 0.1) is 0 Å². The van der Waals surface area contributed by atoms with Crippen molar-refractivity contribution in [3.05, 3.63) is 11.9 Å². The first kappa shape index (κ1) is 13.0. The van der Waals surface area contributed by atoms with Crippen LogP contribution >= 0.6 is 0 Å². The Morgan fingerprint density at radius 3 is 2.83 bits per heavy atom. The van der Waals surface area contributed by atoms with Gasteiger partial charge < -0.3 is 15.5 Å². The SMILES string of the molecule is CCc1c(NN)ncnc1NC1(C)CCCOC1. The number of nitrogens with one attached hydrogen (secondary N) is 2. The molecular weight excluding hydrogens is 230 g/mol. The first-order valence-electron chi connectivity index (χ1n) is 6.35. The number of hydrogen-bond donors (Lipinski definition) is 3. The fourth-order valence-electron chi connectivity index (χ4n) is 2.30. The summed E-state index contributed by atoms with van der Waals surface area (Å²) in [6.45, 7) is 5.76. The van der Waals surface area contributed by atoms with E-state index in [2.05, 4.69) is 34.6 Å². The minimum Gasteiger partial charge on any atom is -0.379 e. The van der Waals surface area contributed by atoms with Gasteiger partial charge in [-0.05, 0) is 26.2 Å². The van der Waals surface area contributed by atoms with Crippen molar-refractivity contribution in [3.8, 4) is 0 Å². The lowest BCUT2D eigenvalue weighted by atomic mass is 9.94. The van der Waals surface area contributed by atoms with Crippen molar-refractivity contribution in [2.45, 2.75) is 38.6 Å². The summed E-state index contributed by atoms with van der Waals surface area (Å²) in [5.74, 6) is 6.99. The van der Waals surface area contributed by atoms with Gasteiger partial charge in [0.2, 0.25) is 0 Å². The fraction of sp³-hybridized carbons (Fsp3) is 0.667. The van der Waals surface area contributed by atoms with Crippen molar-refractivity contribution in [2.75, 3.05) is 24.0 Å². The highest BCUT2D eigenvalue weighted by Gasteiger charge is 2.28. The highest BCUT2D eigenvalue weighted by Crippen LogP contribution is 2.27. The lowest BCUT2D eigenvalue weighted by Gasteiger charge is -2.35. The van der Waals surface area contributed by atoms with Crippen LogP contribution in [0.3, 0.4) is 0 Å². The van der Waals surface area contributed by atoms with Gasteiger partial charge in [0.15, 0.2) is 0 Å². The molecule has 0 aromatic carbocycles. The first-order chi connectivity index (χ1) is 8.68. The number of hydrogen-bond acceptors (Lipinski definition) is 6. The van der Waals surface area contributed by atoms with Crippen LogP contribution in [0.15, 0.2) is 6.33 Å². The van der Waals surface area contributed by atoms with Gasteiger partial charge >= 0.3 is 0 Å². The van der Waals surface area contributed by atoms with E-state index in [-0.39, 0.29) is 5.54 Å². The van der Waals surface area contributed by atoms with Crippen LogP contribution in [-0.2, 0) is 11.2 Å². The number of nitrogens with zero attached hydrogens (tertiary/aromatic N) is 2. The molecule has 1 aromatic heterocycles. The van der Waals surface area contributed by atoms with Crippen molar-refractivity contribution in [1.29, 1.82) is 0 Å². The molecule has 0 amide bonds. The Bertz CT molecular complexity index is 403. The monoisotopic (exact) mass is 251 g/mol. The molecule has 0 aliphatic carbocycles. The van der Waals surface area contributed by atoms with Crippen LogP contribution in [0.1, 0.15) is 32.3 Å². The summed E-state index contributed by atoms with van der Waals surface area (Å²) in [7, 11) is 0. The molecule has 0 radical (unpaired) electrons. The van der Waals surface area contributed by atoms with E-state index in [1.807, 2.05) is 0 Å². The standard InChI is InChI=1S/C12H21N5O/c1-3-9-10(14-8-15-11(9)17-13)16-12(2)5-4-6-18-7-12/h8H,3-7,13H2,1-2H3,(H2,14,15,16,17). The predicted octanol–water partition coefficient (Wildman–Crippen LogP) is 1.31. The van der Waals surface area contributed by atoms with Crippen molar-refractivity contribution < 1.29 is 4.74 Å². The van der Waals surface area contributed by atoms with E-state index < -0.39 is 0 Å². The van der Waals surface area contributed by atoms with Crippen LogP contribution in [-0.4, -0.2) is 28.7 Å². The Labute approximate surface area is 107 Å². The zero-order chi connectivity index (χ0) is 13.0. The quantitative estimate of drug-likeness (QED) is 0.552. The molecule has 1 atom stereocenters. The molecule has 1 aliphatic heterocycles. The molecule has 6 heteroatoms. The molecule has 1 unspecified atom stereocenters. The second-order valence-corrected chi connectivity index (χ2v) is 4.89. The molecule has 1 aromatic rings. The van der Waals surface area contributed by atoms with Gasteiger partial charge in [0.25, 0.3) is 0 Å². The maximum Gasteiger partial charge on any atom is 0.148 e. The molecule has 1 fully saturated rings. The van der Waals surface area contributed by atoms with Crippen LogP contribution in [0.4, 0.5) is 11.6 Å². The normalized spacial score (nSPS) is 23.7. The summed E-state index contributed by atoms with van der Waals surface area (Å²) in [5, 5.41) is 3.48. The third-order valence-corrected chi connectivity index (χ3v) is 3.29. The van der Waals surface area contributed by atoms with Crippen LogP contribution in [0.5, 0.6) is 0 Å². The predicted molar refractivity (Wildman–Crippen MR) is 71.3 cm³/mol. The average Bonchev–Trinajstić information content (AvgIpc) is 2.38. The van der Waals surface area contributed by atoms with Gasteiger partial charge in [0.1, 0.15) is 18.0 Å². The number of aromatic nitrogens is 2. The van der Waals surface area contributed by atoms with Crippen LogP contribution in [0.25, 0.3) is 0 Å². The number of anilines is 2. The number of ether oxygens (including phenoxy) is 1. The molecule has 18 heavy (non-hydrogen) atoms. The molecule has 4 N–H and O–H groups in total. The maximum absolute atomic E-state index is 5.54. The summed E-state index contributed by atoms with van der Waals surface area (Å²) in [5.41, 5.74) is 3.55. The lowest BCUT2D eigenvalue weighted by Crippen LogP contribution is -2.43. The van der Waals surface area contributed by atoms with E-state index in [0.717, 1.165) is 37.3 Å². The van der Waals surface area contributed by atoms with Crippen molar-refractivity contribution in [3.63, 3.8) is 0 Å². The second kappa shape index (κ2) is 5.49. The summed E-state index contributed by atoms with van der Waals surface area (Å²) < 4.78 is 5.54. The Hall–Kier alpha value is -1.40. The topological polar surface area (TPSA) is 85.1 Å². The largest absolute Gasteiger partial charge is 0.379 e. The molecule has 1 aliphatic rings. The zero-order valence-electron chi connectivity index (χ0n) is 11.0. The van der Waals surface area contributed by atoms with E-state index in [1.165, 1.54) is 6.33 Å². The molecule has 0 bridgehead atoms. The van der Waals surface area contributed by atoms with Crippen LogP contribution < -0.4 is 16.6 Å².